The van der Waals surface area contributed by atoms with Crippen LogP contribution >= 0.6 is 0 Å². The number of unbranched alkanes of at least 4 members (excludes halogenated alkanes) is 2. The van der Waals surface area contributed by atoms with Gasteiger partial charge in [0.25, 0.3) is 0 Å². The molecular weight excluding hydrogens is 196 g/mol. The number of fused-ring (bicyclic) bond motifs is 1. The van der Waals surface area contributed by atoms with Gasteiger partial charge >= 0.3 is 0 Å². The van der Waals surface area contributed by atoms with Crippen molar-refractivity contribution in [1.29, 1.82) is 0 Å². The molecule has 86 valence electrons. The second-order valence-electron chi connectivity index (χ2n) is 4.35. The van der Waals surface area contributed by atoms with Crippen LogP contribution < -0.4 is 0 Å². The molecular formula is C14H20N2. The Morgan fingerprint density at radius 2 is 2.06 bits per heavy atom. The first-order valence-electron chi connectivity index (χ1n) is 6.31. The van der Waals surface area contributed by atoms with E-state index in [4.69, 9.17) is 0 Å². The Labute approximate surface area is 97.1 Å². The van der Waals surface area contributed by atoms with E-state index in [0.717, 1.165) is 24.2 Å². The summed E-state index contributed by atoms with van der Waals surface area (Å²) in [5, 5.41) is 0. The first-order valence-corrected chi connectivity index (χ1v) is 6.31. The monoisotopic (exact) mass is 216 g/mol. The first-order chi connectivity index (χ1) is 7.83. The predicted octanol–water partition coefficient (Wildman–Crippen LogP) is 3.86. The van der Waals surface area contributed by atoms with Gasteiger partial charge in [0.05, 0.1) is 11.0 Å². The lowest BCUT2D eigenvalue weighted by Crippen LogP contribution is -1.87. The van der Waals surface area contributed by atoms with Crippen molar-refractivity contribution < 1.29 is 0 Å². The van der Waals surface area contributed by atoms with Crippen molar-refractivity contribution in [1.82, 2.24) is 9.97 Å². The maximum atomic E-state index is 4.60. The number of aromatic nitrogens is 2. The number of H-pyrrole nitrogens is 1. The molecule has 2 rings (SSSR count). The van der Waals surface area contributed by atoms with E-state index in [1.807, 2.05) is 0 Å². The highest BCUT2D eigenvalue weighted by Gasteiger charge is 2.02. The maximum Gasteiger partial charge on any atom is 0.107 e. The normalized spacial score (nSPS) is 11.1. The molecule has 0 spiro atoms. The van der Waals surface area contributed by atoms with E-state index in [1.54, 1.807) is 0 Å². The molecule has 0 fully saturated rings. The number of aromatic amines is 1. The largest absolute Gasteiger partial charge is 0.342 e. The van der Waals surface area contributed by atoms with Crippen molar-refractivity contribution in [2.24, 2.45) is 0 Å². The third-order valence-electron chi connectivity index (χ3n) is 3.02. The zero-order valence-electron chi connectivity index (χ0n) is 10.2. The van der Waals surface area contributed by atoms with E-state index < -0.39 is 0 Å². The summed E-state index contributed by atoms with van der Waals surface area (Å²) >= 11 is 0. The average molecular weight is 216 g/mol. The number of nitrogens with zero attached hydrogens (tertiary/aromatic N) is 1. The molecule has 1 aromatic heterocycles. The smallest absolute Gasteiger partial charge is 0.107 e. The zero-order valence-corrected chi connectivity index (χ0v) is 10.2. The van der Waals surface area contributed by atoms with E-state index >= 15 is 0 Å². The van der Waals surface area contributed by atoms with Crippen LogP contribution in [-0.4, -0.2) is 9.97 Å². The standard InChI is InChI=1S/C14H20N2/c1-3-5-6-7-14-15-12-9-8-11(4-2)10-13(12)16-14/h8-10H,3-7H2,1-2H3,(H,15,16). The number of rotatable bonds is 5. The lowest BCUT2D eigenvalue weighted by Gasteiger charge is -1.94. The van der Waals surface area contributed by atoms with Gasteiger partial charge in [-0.15, -0.1) is 0 Å². The molecule has 0 saturated heterocycles. The maximum absolute atomic E-state index is 4.60. The molecule has 1 N–H and O–H groups in total. The van der Waals surface area contributed by atoms with E-state index in [1.165, 1.54) is 30.3 Å². The minimum atomic E-state index is 1.07. The van der Waals surface area contributed by atoms with Crippen LogP contribution in [0.25, 0.3) is 11.0 Å². The van der Waals surface area contributed by atoms with E-state index in [9.17, 15) is 0 Å². The van der Waals surface area contributed by atoms with Gasteiger partial charge in [-0.2, -0.15) is 0 Å². The van der Waals surface area contributed by atoms with Crippen molar-refractivity contribution in [2.75, 3.05) is 0 Å². The third kappa shape index (κ3) is 2.43. The van der Waals surface area contributed by atoms with E-state index in [2.05, 4.69) is 42.0 Å². The number of nitrogens with one attached hydrogen (secondary N) is 1. The fourth-order valence-electron chi connectivity index (χ4n) is 1.99. The minimum Gasteiger partial charge on any atom is -0.342 e. The Morgan fingerprint density at radius 1 is 1.19 bits per heavy atom. The number of hydrogen-bond acceptors (Lipinski definition) is 1. The molecule has 0 aliphatic heterocycles. The molecule has 0 unspecified atom stereocenters. The zero-order chi connectivity index (χ0) is 11.4. The van der Waals surface area contributed by atoms with Crippen molar-refractivity contribution in [3.63, 3.8) is 0 Å². The quantitative estimate of drug-likeness (QED) is 0.755. The van der Waals surface area contributed by atoms with Gasteiger partial charge < -0.3 is 4.98 Å². The van der Waals surface area contributed by atoms with Crippen LogP contribution in [0.15, 0.2) is 18.2 Å². The lowest BCUT2D eigenvalue weighted by atomic mass is 10.1. The van der Waals surface area contributed by atoms with Crippen molar-refractivity contribution >= 4 is 11.0 Å². The second kappa shape index (κ2) is 5.15. The van der Waals surface area contributed by atoms with Gasteiger partial charge in [0, 0.05) is 6.42 Å². The van der Waals surface area contributed by atoms with Crippen LogP contribution in [0.5, 0.6) is 0 Å². The Kier molecular flexibility index (Phi) is 3.60. The molecule has 0 atom stereocenters. The molecule has 2 aromatic rings. The Balaban J connectivity index is 2.16. The fraction of sp³-hybridized carbons (Fsp3) is 0.500. The molecule has 0 radical (unpaired) electrons. The molecule has 0 amide bonds. The van der Waals surface area contributed by atoms with Crippen molar-refractivity contribution in [2.45, 2.75) is 46.0 Å². The molecule has 0 aliphatic carbocycles. The van der Waals surface area contributed by atoms with Crippen LogP contribution in [0.2, 0.25) is 0 Å². The van der Waals surface area contributed by atoms with Gasteiger partial charge in [-0.1, -0.05) is 32.8 Å². The fourth-order valence-corrected chi connectivity index (χ4v) is 1.99. The SMILES string of the molecule is CCCCCc1nc2ccc(CC)cc2[nH]1. The molecule has 0 bridgehead atoms. The molecule has 1 heterocycles. The summed E-state index contributed by atoms with van der Waals surface area (Å²) in [6, 6.07) is 6.50. The summed E-state index contributed by atoms with van der Waals surface area (Å²) in [4.78, 5) is 8.02. The van der Waals surface area contributed by atoms with Crippen LogP contribution in [0.1, 0.15) is 44.5 Å². The van der Waals surface area contributed by atoms with Gasteiger partial charge in [-0.05, 0) is 30.5 Å². The number of imidazole rings is 1. The minimum absolute atomic E-state index is 1.07. The molecule has 0 saturated carbocycles. The van der Waals surface area contributed by atoms with E-state index in [0.29, 0.717) is 0 Å². The third-order valence-corrected chi connectivity index (χ3v) is 3.02. The molecule has 2 nitrogen and oxygen atoms in total. The highest BCUT2D eigenvalue weighted by atomic mass is 14.9. The van der Waals surface area contributed by atoms with Gasteiger partial charge in [-0.3, -0.25) is 0 Å². The topological polar surface area (TPSA) is 28.7 Å². The molecule has 2 heteroatoms. The predicted molar refractivity (Wildman–Crippen MR) is 68.7 cm³/mol. The lowest BCUT2D eigenvalue weighted by molar-refractivity contribution is 0.700. The van der Waals surface area contributed by atoms with Crippen molar-refractivity contribution in [3.8, 4) is 0 Å². The average Bonchev–Trinajstić information content (AvgIpc) is 2.70. The van der Waals surface area contributed by atoms with Gasteiger partial charge in [-0.25, -0.2) is 4.98 Å². The van der Waals surface area contributed by atoms with Crippen LogP contribution in [-0.2, 0) is 12.8 Å². The van der Waals surface area contributed by atoms with Gasteiger partial charge in [0.1, 0.15) is 5.82 Å². The Hall–Kier alpha value is -1.31. The molecule has 1 aromatic carbocycles. The Bertz CT molecular complexity index is 457. The summed E-state index contributed by atoms with van der Waals surface area (Å²) in [5.41, 5.74) is 3.66. The Morgan fingerprint density at radius 3 is 2.81 bits per heavy atom. The first kappa shape index (κ1) is 11.2. The summed E-state index contributed by atoms with van der Waals surface area (Å²) < 4.78 is 0. The van der Waals surface area contributed by atoms with Crippen molar-refractivity contribution in [3.05, 3.63) is 29.6 Å². The number of benzene rings is 1. The highest BCUT2D eigenvalue weighted by molar-refractivity contribution is 5.75. The van der Waals surface area contributed by atoms with Crippen LogP contribution in [0, 0.1) is 0 Å². The van der Waals surface area contributed by atoms with E-state index in [-0.39, 0.29) is 0 Å². The summed E-state index contributed by atoms with van der Waals surface area (Å²) in [7, 11) is 0. The van der Waals surface area contributed by atoms with Gasteiger partial charge in [0.2, 0.25) is 0 Å². The van der Waals surface area contributed by atoms with Crippen LogP contribution in [0.4, 0.5) is 0 Å². The highest BCUT2D eigenvalue weighted by Crippen LogP contribution is 2.15. The number of aryl methyl sites for hydroxylation is 2. The summed E-state index contributed by atoms with van der Waals surface area (Å²) in [6.45, 7) is 4.41. The summed E-state index contributed by atoms with van der Waals surface area (Å²) in [6.07, 6.45) is 5.94. The summed E-state index contributed by atoms with van der Waals surface area (Å²) in [5.74, 6) is 1.14. The van der Waals surface area contributed by atoms with Gasteiger partial charge in [0.15, 0.2) is 0 Å². The second-order valence-corrected chi connectivity index (χ2v) is 4.35. The number of hydrogen-bond donors (Lipinski definition) is 1. The molecule has 0 aliphatic rings. The molecule has 16 heavy (non-hydrogen) atoms. The van der Waals surface area contributed by atoms with Crippen LogP contribution in [0.3, 0.4) is 0 Å².